The van der Waals surface area contributed by atoms with Crippen LogP contribution in [0.3, 0.4) is 0 Å². The first-order valence-corrected chi connectivity index (χ1v) is 13.8. The van der Waals surface area contributed by atoms with Crippen LogP contribution in [-0.2, 0) is 11.3 Å². The fraction of sp³-hybridized carbons (Fsp3) is 0.323. The van der Waals surface area contributed by atoms with Crippen LogP contribution in [0.25, 0.3) is 0 Å². The third kappa shape index (κ3) is 6.98. The summed E-state index contributed by atoms with van der Waals surface area (Å²) in [7, 11) is 0. The van der Waals surface area contributed by atoms with Gasteiger partial charge in [-0.05, 0) is 54.3 Å². The van der Waals surface area contributed by atoms with E-state index >= 15 is 0 Å². The highest BCUT2D eigenvalue weighted by Gasteiger charge is 2.35. The molecule has 0 fully saturated rings. The first-order valence-electron chi connectivity index (χ1n) is 13.4. The van der Waals surface area contributed by atoms with Gasteiger partial charge >= 0.3 is 5.97 Å². The molecule has 3 unspecified atom stereocenters. The summed E-state index contributed by atoms with van der Waals surface area (Å²) in [5.41, 5.74) is 3.71. The molecule has 39 heavy (non-hydrogen) atoms. The van der Waals surface area contributed by atoms with Crippen molar-refractivity contribution in [2.45, 2.75) is 51.1 Å². The maximum atomic E-state index is 12.4. The standard InChI is InChI=1S/C31H33ClN4O3/c1-22(23-11-14-25(15-12-23)38-20-6-18-36-19-17-33-35-36)31-27(28-21-24(32)13-16-29(28)34-31)9-5-10-30(37)39-26-7-3-2-4-8-26/h2-4,7-8,11-17,19,21-22,28-29,34H,5-6,9-10,18,20H2,1H3. The van der Waals surface area contributed by atoms with Gasteiger partial charge in [0.2, 0.25) is 0 Å². The highest BCUT2D eigenvalue weighted by Crippen LogP contribution is 2.41. The fourth-order valence-electron chi connectivity index (χ4n) is 5.14. The van der Waals surface area contributed by atoms with Gasteiger partial charge in [-0.3, -0.25) is 9.48 Å². The van der Waals surface area contributed by atoms with Crippen molar-refractivity contribution < 1.29 is 14.3 Å². The van der Waals surface area contributed by atoms with Gasteiger partial charge in [0.1, 0.15) is 11.5 Å². The topological polar surface area (TPSA) is 78.3 Å². The Labute approximate surface area is 234 Å². The van der Waals surface area contributed by atoms with Crippen molar-refractivity contribution in [3.8, 4) is 11.5 Å². The molecule has 3 aromatic rings. The van der Waals surface area contributed by atoms with Crippen molar-refractivity contribution in [1.82, 2.24) is 20.3 Å². The van der Waals surface area contributed by atoms with E-state index in [9.17, 15) is 4.79 Å². The van der Waals surface area contributed by atoms with E-state index in [0.29, 0.717) is 25.2 Å². The molecule has 1 aliphatic carbocycles. The summed E-state index contributed by atoms with van der Waals surface area (Å²) in [5.74, 6) is 1.55. The Morgan fingerprint density at radius 2 is 1.92 bits per heavy atom. The van der Waals surface area contributed by atoms with Crippen LogP contribution >= 0.6 is 11.6 Å². The Morgan fingerprint density at radius 3 is 2.69 bits per heavy atom. The van der Waals surface area contributed by atoms with Gasteiger partial charge in [0.05, 0.1) is 18.8 Å². The number of fused-ring (bicyclic) bond motifs is 1. The maximum Gasteiger partial charge on any atom is 0.311 e. The SMILES string of the molecule is CC(C1=C(CCCC(=O)Oc2ccccc2)C2C=C(Cl)C=CC2N1)c1ccc(OCCCn2ccnn2)cc1. The predicted octanol–water partition coefficient (Wildman–Crippen LogP) is 6.16. The maximum absolute atomic E-state index is 12.4. The average Bonchev–Trinajstić information content (AvgIpc) is 3.60. The summed E-state index contributed by atoms with van der Waals surface area (Å²) in [5, 5.41) is 12.3. The Hall–Kier alpha value is -3.84. The predicted molar refractivity (Wildman–Crippen MR) is 151 cm³/mol. The van der Waals surface area contributed by atoms with Gasteiger partial charge < -0.3 is 14.8 Å². The second-order valence-corrected chi connectivity index (χ2v) is 10.3. The second-order valence-electron chi connectivity index (χ2n) is 9.85. The molecule has 2 aromatic carbocycles. The Balaban J connectivity index is 1.21. The van der Waals surface area contributed by atoms with Crippen molar-refractivity contribution in [2.24, 2.45) is 5.92 Å². The van der Waals surface area contributed by atoms with Gasteiger partial charge in [0.15, 0.2) is 0 Å². The Morgan fingerprint density at radius 1 is 1.10 bits per heavy atom. The summed E-state index contributed by atoms with van der Waals surface area (Å²) < 4.78 is 13.2. The van der Waals surface area contributed by atoms with Crippen LogP contribution in [0.15, 0.2) is 102 Å². The van der Waals surface area contributed by atoms with Gasteiger partial charge in [0, 0.05) is 48.1 Å². The summed E-state index contributed by atoms with van der Waals surface area (Å²) in [4.78, 5) is 12.4. The zero-order valence-electron chi connectivity index (χ0n) is 22.0. The average molecular weight is 545 g/mol. The first-order chi connectivity index (χ1) is 19.1. The highest BCUT2D eigenvalue weighted by molar-refractivity contribution is 6.31. The molecule has 7 nitrogen and oxygen atoms in total. The molecule has 1 N–H and O–H groups in total. The van der Waals surface area contributed by atoms with Crippen molar-refractivity contribution in [1.29, 1.82) is 0 Å². The number of hydrogen-bond donors (Lipinski definition) is 1. The molecule has 2 heterocycles. The Kier molecular flexibility index (Phi) is 8.78. The van der Waals surface area contributed by atoms with E-state index in [-0.39, 0.29) is 23.8 Å². The third-order valence-electron chi connectivity index (χ3n) is 7.15. The first kappa shape index (κ1) is 26.8. The molecule has 2 aliphatic rings. The van der Waals surface area contributed by atoms with Crippen LogP contribution in [0.4, 0.5) is 0 Å². The fourth-order valence-corrected chi connectivity index (χ4v) is 5.35. The van der Waals surface area contributed by atoms with Gasteiger partial charge in [-0.2, -0.15) is 0 Å². The number of rotatable bonds is 12. The van der Waals surface area contributed by atoms with E-state index in [2.05, 4.69) is 46.8 Å². The smallest absolute Gasteiger partial charge is 0.311 e. The number of esters is 1. The van der Waals surface area contributed by atoms with Crippen molar-refractivity contribution in [3.63, 3.8) is 0 Å². The molecule has 0 saturated heterocycles. The number of ether oxygens (including phenoxy) is 2. The molecule has 0 radical (unpaired) electrons. The summed E-state index contributed by atoms with van der Waals surface area (Å²) in [6.45, 7) is 3.60. The molecular weight excluding hydrogens is 512 g/mol. The van der Waals surface area contributed by atoms with Crippen LogP contribution in [0.1, 0.15) is 44.1 Å². The second kappa shape index (κ2) is 12.8. The van der Waals surface area contributed by atoms with Crippen molar-refractivity contribution in [3.05, 3.63) is 107 Å². The van der Waals surface area contributed by atoms with Gasteiger partial charge in [0.25, 0.3) is 0 Å². The molecule has 0 spiro atoms. The van der Waals surface area contributed by atoms with Crippen LogP contribution in [0.2, 0.25) is 0 Å². The zero-order valence-corrected chi connectivity index (χ0v) is 22.8. The lowest BCUT2D eigenvalue weighted by molar-refractivity contribution is -0.134. The van der Waals surface area contributed by atoms with Crippen LogP contribution in [-0.4, -0.2) is 33.6 Å². The largest absolute Gasteiger partial charge is 0.494 e. The number of aryl methyl sites for hydroxylation is 1. The zero-order chi connectivity index (χ0) is 27.0. The number of nitrogens with one attached hydrogen (secondary N) is 1. The van der Waals surface area contributed by atoms with E-state index in [4.69, 9.17) is 21.1 Å². The minimum atomic E-state index is -0.215. The monoisotopic (exact) mass is 544 g/mol. The number of halogens is 1. The van der Waals surface area contributed by atoms with E-state index in [1.165, 1.54) is 16.8 Å². The van der Waals surface area contributed by atoms with Gasteiger partial charge in [-0.15, -0.1) is 5.10 Å². The number of benzene rings is 2. The number of nitrogens with zero attached hydrogens (tertiary/aromatic N) is 3. The van der Waals surface area contributed by atoms with Crippen molar-refractivity contribution in [2.75, 3.05) is 6.61 Å². The van der Waals surface area contributed by atoms with E-state index in [1.807, 2.05) is 42.6 Å². The van der Waals surface area contributed by atoms with Crippen LogP contribution < -0.4 is 14.8 Å². The van der Waals surface area contributed by atoms with Crippen LogP contribution in [0, 0.1) is 5.92 Å². The Bertz CT molecular complexity index is 1330. The van der Waals surface area contributed by atoms with Crippen LogP contribution in [0.5, 0.6) is 11.5 Å². The van der Waals surface area contributed by atoms with Gasteiger partial charge in [-0.1, -0.05) is 66.2 Å². The lowest BCUT2D eigenvalue weighted by Crippen LogP contribution is -2.28. The van der Waals surface area contributed by atoms with Gasteiger partial charge in [-0.25, -0.2) is 0 Å². The minimum Gasteiger partial charge on any atom is -0.494 e. The molecule has 202 valence electrons. The minimum absolute atomic E-state index is 0.156. The number of carbonyl (C=O) groups is 1. The van der Waals surface area contributed by atoms with E-state index in [0.717, 1.165) is 30.2 Å². The number of carbonyl (C=O) groups excluding carboxylic acids is 1. The molecule has 1 aliphatic heterocycles. The lowest BCUT2D eigenvalue weighted by Gasteiger charge is -2.20. The van der Waals surface area contributed by atoms with E-state index in [1.54, 1.807) is 23.0 Å². The molecule has 8 heteroatoms. The summed E-state index contributed by atoms with van der Waals surface area (Å²) in [6.07, 6.45) is 12.4. The highest BCUT2D eigenvalue weighted by atomic mass is 35.5. The quantitative estimate of drug-likeness (QED) is 0.167. The van der Waals surface area contributed by atoms with E-state index < -0.39 is 0 Å². The molecular formula is C31H33ClN4O3. The molecule has 3 atom stereocenters. The third-order valence-corrected chi connectivity index (χ3v) is 7.40. The number of allylic oxidation sites excluding steroid dienone is 3. The summed E-state index contributed by atoms with van der Waals surface area (Å²) in [6, 6.07) is 17.7. The number of aromatic nitrogens is 3. The number of para-hydroxylation sites is 1. The molecule has 1 aromatic heterocycles. The molecule has 0 saturated carbocycles. The summed E-state index contributed by atoms with van der Waals surface area (Å²) >= 11 is 6.39. The lowest BCUT2D eigenvalue weighted by atomic mass is 9.85. The number of hydrogen-bond acceptors (Lipinski definition) is 6. The molecule has 5 rings (SSSR count). The molecule has 0 amide bonds. The normalized spacial score (nSPS) is 18.8. The van der Waals surface area contributed by atoms with Crippen molar-refractivity contribution >= 4 is 17.6 Å². The molecule has 0 bridgehead atoms.